The molecule has 1 N–H and O–H groups in total. The van der Waals surface area contributed by atoms with Gasteiger partial charge in [-0.2, -0.15) is 0 Å². The van der Waals surface area contributed by atoms with Gasteiger partial charge in [-0.3, -0.25) is 0 Å². The second-order valence-electron chi connectivity index (χ2n) is 8.82. The maximum absolute atomic E-state index is 12.3. The molecule has 1 aromatic carbocycles. The minimum absolute atomic E-state index is 0.237. The van der Waals surface area contributed by atoms with Crippen LogP contribution in [-0.4, -0.2) is 16.8 Å². The molecular weight excluding hydrogens is 358 g/mol. The predicted octanol–water partition coefficient (Wildman–Crippen LogP) is 5.39. The van der Waals surface area contributed by atoms with Crippen LogP contribution in [0.3, 0.4) is 0 Å². The fourth-order valence-corrected chi connectivity index (χ4v) is 3.77. The van der Waals surface area contributed by atoms with Crippen molar-refractivity contribution in [2.45, 2.75) is 52.4 Å². The highest BCUT2D eigenvalue weighted by atomic mass is 32.1. The van der Waals surface area contributed by atoms with E-state index in [-0.39, 0.29) is 10.8 Å². The normalized spacial score (nSPS) is 16.6. The van der Waals surface area contributed by atoms with Crippen LogP contribution in [0.2, 0.25) is 0 Å². The standard InChI is InChI=1S/C22H25NO3S/c1-21(2,3)15-11-13(12-16(19(15)24)22(4,5)6)10-14-18(23-26-20(14)25)17-8-7-9-27-17/h7-12,24H,1-6H3/b14-10-. The van der Waals surface area contributed by atoms with Crippen LogP contribution in [0.5, 0.6) is 5.75 Å². The highest BCUT2D eigenvalue weighted by Gasteiger charge is 2.29. The van der Waals surface area contributed by atoms with Gasteiger partial charge in [-0.1, -0.05) is 52.8 Å². The molecule has 0 amide bonds. The summed E-state index contributed by atoms with van der Waals surface area (Å²) >= 11 is 1.51. The summed E-state index contributed by atoms with van der Waals surface area (Å²) in [5.41, 5.74) is 3.06. The number of rotatable bonds is 2. The molecule has 5 heteroatoms. The number of carbonyl (C=O) groups is 1. The molecule has 2 aromatic rings. The van der Waals surface area contributed by atoms with Gasteiger partial charge < -0.3 is 9.94 Å². The Bertz CT molecular complexity index is 904. The lowest BCUT2D eigenvalue weighted by molar-refractivity contribution is -0.136. The SMILES string of the molecule is CC(C)(C)c1cc(/C=C2\C(=O)ON=C2c2cccs2)cc(C(C)(C)C)c1O. The van der Waals surface area contributed by atoms with Crippen molar-refractivity contribution in [1.82, 2.24) is 0 Å². The third kappa shape index (κ3) is 3.83. The Hall–Kier alpha value is -2.40. The van der Waals surface area contributed by atoms with E-state index in [0.29, 0.717) is 17.0 Å². The monoisotopic (exact) mass is 383 g/mol. The number of phenols is 1. The molecule has 1 aromatic heterocycles. The number of aromatic hydroxyl groups is 1. The summed E-state index contributed by atoms with van der Waals surface area (Å²) in [6.07, 6.45) is 1.80. The fourth-order valence-electron chi connectivity index (χ4n) is 3.05. The number of thiophene rings is 1. The maximum Gasteiger partial charge on any atom is 0.368 e. The van der Waals surface area contributed by atoms with Gasteiger partial charge in [0.2, 0.25) is 0 Å². The Labute approximate surface area is 164 Å². The Kier molecular flexibility index (Phi) is 4.76. The van der Waals surface area contributed by atoms with Crippen molar-refractivity contribution < 1.29 is 14.7 Å². The first-order valence-corrected chi connectivity index (χ1v) is 9.79. The summed E-state index contributed by atoms with van der Waals surface area (Å²) in [7, 11) is 0. The van der Waals surface area contributed by atoms with Crippen LogP contribution in [0.4, 0.5) is 0 Å². The van der Waals surface area contributed by atoms with Gasteiger partial charge in [0.15, 0.2) is 0 Å². The highest BCUT2D eigenvalue weighted by Crippen LogP contribution is 2.40. The second kappa shape index (κ2) is 6.64. The highest BCUT2D eigenvalue weighted by molar-refractivity contribution is 7.12. The average Bonchev–Trinajstić information content (AvgIpc) is 3.17. The molecule has 0 saturated carbocycles. The lowest BCUT2D eigenvalue weighted by Gasteiger charge is -2.28. The van der Waals surface area contributed by atoms with Crippen LogP contribution < -0.4 is 0 Å². The summed E-state index contributed by atoms with van der Waals surface area (Å²) in [6.45, 7) is 12.4. The Morgan fingerprint density at radius 3 is 2.15 bits per heavy atom. The first-order valence-electron chi connectivity index (χ1n) is 8.92. The van der Waals surface area contributed by atoms with Gasteiger partial charge in [0.1, 0.15) is 11.5 Å². The first-order chi connectivity index (χ1) is 12.5. The van der Waals surface area contributed by atoms with Crippen LogP contribution in [0.15, 0.2) is 40.4 Å². The molecule has 1 aliphatic rings. The molecular formula is C22H25NO3S. The number of carbonyl (C=O) groups excluding carboxylic acids is 1. The van der Waals surface area contributed by atoms with Crippen LogP contribution >= 0.6 is 11.3 Å². The summed E-state index contributed by atoms with van der Waals surface area (Å²) in [4.78, 5) is 18.1. The van der Waals surface area contributed by atoms with Gasteiger partial charge in [0.05, 0.1) is 10.5 Å². The van der Waals surface area contributed by atoms with E-state index in [0.717, 1.165) is 21.6 Å². The molecule has 0 fully saturated rings. The summed E-state index contributed by atoms with van der Waals surface area (Å²) < 4.78 is 0. The molecule has 2 heterocycles. The van der Waals surface area contributed by atoms with Gasteiger partial charge in [-0.05, 0) is 46.0 Å². The van der Waals surface area contributed by atoms with Crippen molar-refractivity contribution in [3.63, 3.8) is 0 Å². The van der Waals surface area contributed by atoms with E-state index in [1.807, 2.05) is 29.6 Å². The molecule has 3 rings (SSSR count). The fraction of sp³-hybridized carbons (Fsp3) is 0.364. The number of oxime groups is 1. The van der Waals surface area contributed by atoms with Crippen LogP contribution in [0, 0.1) is 0 Å². The third-order valence-electron chi connectivity index (χ3n) is 4.51. The van der Waals surface area contributed by atoms with Crippen molar-refractivity contribution >= 4 is 29.1 Å². The lowest BCUT2D eigenvalue weighted by atomic mass is 9.78. The topological polar surface area (TPSA) is 58.9 Å². The lowest BCUT2D eigenvalue weighted by Crippen LogP contribution is -2.17. The molecule has 1 aliphatic heterocycles. The van der Waals surface area contributed by atoms with Gasteiger partial charge in [-0.25, -0.2) is 4.79 Å². The smallest absolute Gasteiger partial charge is 0.368 e. The zero-order valence-corrected chi connectivity index (χ0v) is 17.4. The molecule has 0 bridgehead atoms. The largest absolute Gasteiger partial charge is 0.507 e. The summed E-state index contributed by atoms with van der Waals surface area (Å²) in [6, 6.07) is 7.71. The minimum Gasteiger partial charge on any atom is -0.507 e. The molecule has 0 spiro atoms. The number of hydrogen-bond acceptors (Lipinski definition) is 5. The second-order valence-corrected chi connectivity index (χ2v) is 9.77. The van der Waals surface area contributed by atoms with Crippen LogP contribution in [-0.2, 0) is 20.5 Å². The van der Waals surface area contributed by atoms with E-state index in [2.05, 4.69) is 46.7 Å². The predicted molar refractivity (Wildman–Crippen MR) is 110 cm³/mol. The molecule has 27 heavy (non-hydrogen) atoms. The Morgan fingerprint density at radius 2 is 1.67 bits per heavy atom. The first kappa shape index (κ1) is 19.4. The van der Waals surface area contributed by atoms with E-state index < -0.39 is 5.97 Å². The molecule has 0 unspecified atom stereocenters. The van der Waals surface area contributed by atoms with E-state index in [1.165, 1.54) is 11.3 Å². The molecule has 0 radical (unpaired) electrons. The zero-order chi connectivity index (χ0) is 20.0. The summed E-state index contributed by atoms with van der Waals surface area (Å²) in [5.74, 6) is -0.139. The average molecular weight is 384 g/mol. The quantitative estimate of drug-likeness (QED) is 0.558. The van der Waals surface area contributed by atoms with E-state index in [1.54, 1.807) is 6.08 Å². The maximum atomic E-state index is 12.3. The minimum atomic E-state index is -0.457. The van der Waals surface area contributed by atoms with Crippen molar-refractivity contribution in [2.24, 2.45) is 5.16 Å². The Morgan fingerprint density at radius 1 is 1.07 bits per heavy atom. The number of nitrogens with zero attached hydrogens (tertiary/aromatic N) is 1. The van der Waals surface area contributed by atoms with Gasteiger partial charge >= 0.3 is 5.97 Å². The third-order valence-corrected chi connectivity index (χ3v) is 5.39. The van der Waals surface area contributed by atoms with Crippen molar-refractivity contribution in [3.8, 4) is 5.75 Å². The number of benzene rings is 1. The van der Waals surface area contributed by atoms with Gasteiger partial charge in [0, 0.05) is 11.1 Å². The van der Waals surface area contributed by atoms with Crippen molar-refractivity contribution in [3.05, 3.63) is 56.8 Å². The number of phenolic OH excluding ortho intramolecular Hbond substituents is 1. The van der Waals surface area contributed by atoms with Crippen LogP contribution in [0.25, 0.3) is 6.08 Å². The molecule has 0 aliphatic carbocycles. The van der Waals surface area contributed by atoms with Crippen molar-refractivity contribution in [2.75, 3.05) is 0 Å². The molecule has 142 valence electrons. The van der Waals surface area contributed by atoms with Gasteiger partial charge in [-0.15, -0.1) is 11.3 Å². The van der Waals surface area contributed by atoms with E-state index in [9.17, 15) is 9.90 Å². The van der Waals surface area contributed by atoms with E-state index >= 15 is 0 Å². The van der Waals surface area contributed by atoms with Crippen molar-refractivity contribution in [1.29, 1.82) is 0 Å². The molecule has 4 nitrogen and oxygen atoms in total. The zero-order valence-electron chi connectivity index (χ0n) is 16.6. The summed E-state index contributed by atoms with van der Waals surface area (Å²) in [5, 5.41) is 16.8. The van der Waals surface area contributed by atoms with E-state index in [4.69, 9.17) is 4.84 Å². The molecule has 0 atom stereocenters. The van der Waals surface area contributed by atoms with Crippen LogP contribution in [0.1, 0.15) is 63.1 Å². The Balaban J connectivity index is 2.18. The molecule has 0 saturated heterocycles. The number of hydrogen-bond donors (Lipinski definition) is 1. The van der Waals surface area contributed by atoms with Gasteiger partial charge in [0.25, 0.3) is 0 Å².